The van der Waals surface area contributed by atoms with Gasteiger partial charge in [0.15, 0.2) is 35.0 Å². The van der Waals surface area contributed by atoms with E-state index in [1.165, 1.54) is 0 Å². The molecule has 0 bridgehead atoms. The number of ether oxygens (including phenoxy) is 1. The smallest absolute Gasteiger partial charge is 0.280 e. The molecule has 13 heteroatoms. The molecule has 0 saturated carbocycles. The number of anilines is 2. The lowest BCUT2D eigenvalue weighted by Crippen LogP contribution is -2.41. The molecule has 12 nitrogen and oxygen atoms in total. The Morgan fingerprint density at radius 3 is 2.45 bits per heavy atom. The van der Waals surface area contributed by atoms with Gasteiger partial charge in [0, 0.05) is 19.6 Å². The lowest BCUT2D eigenvalue weighted by Gasteiger charge is -2.10. The molecule has 10 N–H and O–H groups in total. The maximum absolute atomic E-state index is 12.2. The normalized spacial score (nSPS) is 10.4. The molecule has 0 aliphatic rings. The van der Waals surface area contributed by atoms with Crippen LogP contribution in [-0.2, 0) is 11.2 Å². The third kappa shape index (κ3) is 8.79. The maximum Gasteiger partial charge on any atom is 0.280 e. The first-order valence-corrected chi connectivity index (χ1v) is 10.6. The molecular weight excluding hydrogens is 450 g/mol. The zero-order valence-electron chi connectivity index (χ0n) is 18.0. The van der Waals surface area contributed by atoms with Crippen LogP contribution in [0.15, 0.2) is 24.3 Å². The summed E-state index contributed by atoms with van der Waals surface area (Å²) in [6.07, 6.45) is 2.46. The SMILES string of the molecule is N=C(NCCCCc1ccc(OCC(=O)NCCN)cc1)NC(=O)c1nc(Cl)c(N)nc1N. The highest BCUT2D eigenvalue weighted by molar-refractivity contribution is 6.31. The first kappa shape index (κ1) is 25.6. The van der Waals surface area contributed by atoms with Crippen molar-refractivity contribution in [1.29, 1.82) is 5.41 Å². The maximum atomic E-state index is 12.2. The second-order valence-electron chi connectivity index (χ2n) is 6.92. The zero-order chi connectivity index (χ0) is 24.2. The van der Waals surface area contributed by atoms with Gasteiger partial charge in [-0.3, -0.25) is 20.3 Å². The summed E-state index contributed by atoms with van der Waals surface area (Å²) < 4.78 is 5.42. The Hall–Kier alpha value is -3.64. The van der Waals surface area contributed by atoms with E-state index in [0.29, 0.717) is 25.4 Å². The number of rotatable bonds is 11. The van der Waals surface area contributed by atoms with Crippen LogP contribution < -0.4 is 37.9 Å². The van der Waals surface area contributed by atoms with E-state index < -0.39 is 5.91 Å². The minimum atomic E-state index is -0.710. The average molecular weight is 478 g/mol. The molecule has 0 radical (unpaired) electrons. The number of halogens is 1. The van der Waals surface area contributed by atoms with Gasteiger partial charge in [0.25, 0.3) is 11.8 Å². The number of aryl methyl sites for hydroxylation is 1. The molecule has 1 aromatic carbocycles. The molecule has 2 aromatic rings. The number of nitrogens with zero attached hydrogens (tertiary/aromatic N) is 2. The number of amides is 2. The summed E-state index contributed by atoms with van der Waals surface area (Å²) in [4.78, 5) is 31.2. The molecule has 1 heterocycles. The highest BCUT2D eigenvalue weighted by atomic mass is 35.5. The van der Waals surface area contributed by atoms with Crippen LogP contribution in [0, 0.1) is 5.41 Å². The predicted octanol–water partition coefficient (Wildman–Crippen LogP) is 0.0252. The predicted molar refractivity (Wildman–Crippen MR) is 126 cm³/mol. The van der Waals surface area contributed by atoms with Gasteiger partial charge in [0.05, 0.1) is 0 Å². The number of nitrogen functional groups attached to an aromatic ring is 2. The average Bonchev–Trinajstić information content (AvgIpc) is 2.79. The largest absolute Gasteiger partial charge is 0.484 e. The highest BCUT2D eigenvalue weighted by Crippen LogP contribution is 2.17. The molecule has 0 aliphatic heterocycles. The van der Waals surface area contributed by atoms with Crippen molar-refractivity contribution in [3.8, 4) is 5.75 Å². The van der Waals surface area contributed by atoms with Crippen LogP contribution in [0.5, 0.6) is 5.75 Å². The minimum Gasteiger partial charge on any atom is -0.484 e. The molecular formula is C20H28ClN9O3. The van der Waals surface area contributed by atoms with Gasteiger partial charge in [-0.1, -0.05) is 23.7 Å². The first-order chi connectivity index (χ1) is 15.8. The number of benzene rings is 1. The summed E-state index contributed by atoms with van der Waals surface area (Å²) in [5.74, 6) is -0.752. The van der Waals surface area contributed by atoms with Gasteiger partial charge < -0.3 is 32.6 Å². The van der Waals surface area contributed by atoms with Crippen LogP contribution in [0.1, 0.15) is 28.9 Å². The number of guanidine groups is 1. The van der Waals surface area contributed by atoms with Gasteiger partial charge in [-0.2, -0.15) is 0 Å². The van der Waals surface area contributed by atoms with Gasteiger partial charge >= 0.3 is 0 Å². The minimum absolute atomic E-state index is 0.0575. The van der Waals surface area contributed by atoms with Gasteiger partial charge in [0.2, 0.25) is 0 Å². The van der Waals surface area contributed by atoms with Crippen molar-refractivity contribution in [3.63, 3.8) is 0 Å². The van der Waals surface area contributed by atoms with Gasteiger partial charge in [-0.15, -0.1) is 0 Å². The summed E-state index contributed by atoms with van der Waals surface area (Å²) in [7, 11) is 0. The lowest BCUT2D eigenvalue weighted by atomic mass is 10.1. The molecule has 33 heavy (non-hydrogen) atoms. The van der Waals surface area contributed by atoms with Crippen LogP contribution in [-0.4, -0.2) is 54.0 Å². The van der Waals surface area contributed by atoms with E-state index >= 15 is 0 Å². The fraction of sp³-hybridized carbons (Fsp3) is 0.350. The molecule has 0 aliphatic carbocycles. The second kappa shape index (κ2) is 13.0. The molecule has 2 amide bonds. The van der Waals surface area contributed by atoms with Gasteiger partial charge in [-0.25, -0.2) is 9.97 Å². The van der Waals surface area contributed by atoms with E-state index in [9.17, 15) is 9.59 Å². The number of hydrogen-bond donors (Lipinski definition) is 7. The van der Waals surface area contributed by atoms with Gasteiger partial charge in [0.1, 0.15) is 5.75 Å². The van der Waals surface area contributed by atoms with Crippen molar-refractivity contribution < 1.29 is 14.3 Å². The Bertz CT molecular complexity index is 970. The van der Waals surface area contributed by atoms with Crippen LogP contribution in [0.4, 0.5) is 11.6 Å². The number of nitrogens with two attached hydrogens (primary N) is 3. The molecule has 0 spiro atoms. The van der Waals surface area contributed by atoms with Crippen molar-refractivity contribution in [1.82, 2.24) is 25.9 Å². The Kier molecular flexibility index (Phi) is 10.1. The molecule has 0 unspecified atom stereocenters. The Balaban J connectivity index is 1.65. The van der Waals surface area contributed by atoms with E-state index in [4.69, 9.17) is 38.9 Å². The fourth-order valence-corrected chi connectivity index (χ4v) is 2.78. The number of carbonyl (C=O) groups excluding carboxylic acids is 2. The topological polar surface area (TPSA) is 207 Å². The van der Waals surface area contributed by atoms with Crippen LogP contribution in [0.25, 0.3) is 0 Å². The Labute approximate surface area is 196 Å². The number of nitrogens with one attached hydrogen (secondary N) is 4. The summed E-state index contributed by atoms with van der Waals surface area (Å²) in [5.41, 5.74) is 17.3. The quantitative estimate of drug-likeness (QED) is 0.132. The van der Waals surface area contributed by atoms with Gasteiger partial charge in [-0.05, 0) is 37.0 Å². The van der Waals surface area contributed by atoms with Crippen molar-refractivity contribution in [3.05, 3.63) is 40.7 Å². The zero-order valence-corrected chi connectivity index (χ0v) is 18.7. The molecule has 0 saturated heterocycles. The van der Waals surface area contributed by atoms with E-state index in [1.54, 1.807) is 0 Å². The third-order valence-corrected chi connectivity index (χ3v) is 4.59. The number of unbranched alkanes of at least 4 members (excludes halogenated alkanes) is 1. The van der Waals surface area contributed by atoms with Crippen LogP contribution >= 0.6 is 11.6 Å². The molecule has 0 fully saturated rings. The van der Waals surface area contributed by atoms with Crippen LogP contribution in [0.2, 0.25) is 5.15 Å². The lowest BCUT2D eigenvalue weighted by molar-refractivity contribution is -0.123. The van der Waals surface area contributed by atoms with E-state index in [1.807, 2.05) is 24.3 Å². The van der Waals surface area contributed by atoms with E-state index in [-0.39, 0.29) is 41.0 Å². The highest BCUT2D eigenvalue weighted by Gasteiger charge is 2.16. The first-order valence-electron chi connectivity index (χ1n) is 10.2. The summed E-state index contributed by atoms with van der Waals surface area (Å²) in [6.45, 7) is 1.23. The fourth-order valence-electron chi connectivity index (χ4n) is 2.66. The monoisotopic (exact) mass is 477 g/mol. The third-order valence-electron chi connectivity index (χ3n) is 4.31. The van der Waals surface area contributed by atoms with Crippen molar-refractivity contribution in [2.24, 2.45) is 5.73 Å². The number of aromatic nitrogens is 2. The molecule has 2 rings (SSSR count). The standard InChI is InChI=1S/C20H28ClN9O3/c21-16-18(24)29-17(23)15(28-16)19(32)30-20(25)27-9-2-1-3-12-4-6-13(7-5-12)33-11-14(31)26-10-8-22/h4-7H,1-3,8-11,22H2,(H,26,31)(H4,23,24,29)(H3,25,27,30,32). The molecule has 1 aromatic heterocycles. The van der Waals surface area contributed by atoms with Crippen molar-refractivity contribution in [2.75, 3.05) is 37.7 Å². The summed E-state index contributed by atoms with van der Waals surface area (Å²) >= 11 is 5.76. The Morgan fingerprint density at radius 2 is 1.76 bits per heavy atom. The summed E-state index contributed by atoms with van der Waals surface area (Å²) in [5, 5.41) is 15.5. The second-order valence-corrected chi connectivity index (χ2v) is 7.28. The summed E-state index contributed by atoms with van der Waals surface area (Å²) in [6, 6.07) is 7.50. The molecule has 178 valence electrons. The van der Waals surface area contributed by atoms with E-state index in [2.05, 4.69) is 25.9 Å². The van der Waals surface area contributed by atoms with Crippen LogP contribution in [0.3, 0.4) is 0 Å². The van der Waals surface area contributed by atoms with E-state index in [0.717, 1.165) is 24.8 Å². The number of hydrogen-bond acceptors (Lipinski definition) is 9. The van der Waals surface area contributed by atoms with Crippen molar-refractivity contribution in [2.45, 2.75) is 19.3 Å². The Morgan fingerprint density at radius 1 is 1.03 bits per heavy atom. The molecule has 0 atom stereocenters. The number of carbonyl (C=O) groups is 2. The van der Waals surface area contributed by atoms with Crippen molar-refractivity contribution >= 4 is 41.0 Å².